The third-order valence-corrected chi connectivity index (χ3v) is 19.7. The van der Waals surface area contributed by atoms with Crippen molar-refractivity contribution in [1.82, 2.24) is 0 Å². The number of ether oxygens (including phenoxy) is 8. The van der Waals surface area contributed by atoms with Gasteiger partial charge in [-0.2, -0.15) is 0 Å². The van der Waals surface area contributed by atoms with E-state index in [4.69, 9.17) is 37.9 Å². The van der Waals surface area contributed by atoms with E-state index in [0.717, 1.165) is 156 Å². The van der Waals surface area contributed by atoms with Crippen LogP contribution >= 0.6 is 63.7 Å². The fourth-order valence-electron chi connectivity index (χ4n) is 12.4. The number of fused-ring (bicyclic) bond motifs is 8. The van der Waals surface area contributed by atoms with Crippen molar-refractivity contribution >= 4 is 63.7 Å². The topological polar surface area (TPSA) is 73.8 Å². The minimum Gasteiger partial charge on any atom is -0.496 e. The van der Waals surface area contributed by atoms with Crippen LogP contribution in [0.15, 0.2) is 163 Å². The van der Waals surface area contributed by atoms with Gasteiger partial charge >= 0.3 is 0 Å². The largest absolute Gasteiger partial charge is 0.496 e. The maximum Gasteiger partial charge on any atom is 0.127 e. The molecular weight excluding hydrogens is 1360 g/mol. The van der Waals surface area contributed by atoms with Crippen LogP contribution in [0.2, 0.25) is 0 Å². The fraction of sp³-hybridized carbons (Fsp3) is 0.368. The highest BCUT2D eigenvalue weighted by atomic mass is 79.9. The molecule has 0 aliphatic heterocycles. The second-order valence-electron chi connectivity index (χ2n) is 24.8. The zero-order valence-electron chi connectivity index (χ0n) is 52.9. The van der Waals surface area contributed by atoms with Gasteiger partial charge in [0.1, 0.15) is 72.4 Å². The highest BCUT2D eigenvalue weighted by Gasteiger charge is 2.36. The molecule has 1 aliphatic rings. The van der Waals surface area contributed by atoms with E-state index in [0.29, 0.717) is 26.4 Å². The highest BCUT2D eigenvalue weighted by Crippen LogP contribution is 2.55. The zero-order valence-corrected chi connectivity index (χ0v) is 59.3. The van der Waals surface area contributed by atoms with Gasteiger partial charge in [-0.25, -0.2) is 0 Å². The summed E-state index contributed by atoms with van der Waals surface area (Å²) in [6, 6.07) is 51.0. The number of halogens is 4. The monoisotopic (exact) mass is 1440 g/mol. The van der Waals surface area contributed by atoms with Crippen molar-refractivity contribution in [2.45, 2.75) is 131 Å². The average molecular weight is 1450 g/mol. The SMILES string of the molecule is COc1cc(OCc2ccccc2Br)c2cc1[C@H](CC(C)C)c1cc(c(OC)cc1OCc1ccccc1Br)[C@H](CC(C)C)c1cc(c(OC)cc1OCc1ccccc1Br)[C@H](CC(C)C)c1cc(c(OC)cc1OCc1ccccc1Br)[C@@H]2CC(C)C. The van der Waals surface area contributed by atoms with Gasteiger partial charge in [0, 0.05) is 133 Å². The normalized spacial score (nSPS) is 15.6. The molecule has 8 nitrogen and oxygen atoms in total. The first-order chi connectivity index (χ1) is 42.4. The molecule has 12 heteroatoms. The molecule has 0 unspecified atom stereocenters. The standard InChI is InChI=1S/C76H84Br4O8/c1-45(2)29-53-57-33-62(74(37-69(57)81-9)86-42-50-22-14-18-26-66(50)78)55(31-47(5)6)59-35-64(76(39-71(59)83-11)88-44-52-24-16-20-28-68(52)80)56(32-48(7)8)60-36-63(75(40-72(60)84-12)87-43-51-23-15-19-27-67(51)79)54(30-46(3)4)58-34-61(53)73(38-70(58)82-10)85-41-49-21-13-17-25-65(49)77/h13-28,33-40,45-48,53-56H,29-32,41-44H2,1-12H3/t53-,54-,55-,56-/m0/s1. The number of rotatable bonds is 24. The Morgan fingerprint density at radius 1 is 0.273 bits per heavy atom. The Balaban J connectivity index is 1.45. The molecule has 0 saturated carbocycles. The maximum atomic E-state index is 7.22. The van der Waals surface area contributed by atoms with Crippen molar-refractivity contribution < 1.29 is 37.9 Å². The molecule has 9 rings (SSSR count). The lowest BCUT2D eigenvalue weighted by molar-refractivity contribution is 0.292. The Bertz CT molecular complexity index is 3190. The molecule has 464 valence electrons. The van der Waals surface area contributed by atoms with Gasteiger partial charge in [0.25, 0.3) is 0 Å². The first-order valence-corrected chi connectivity index (χ1v) is 33.9. The molecule has 0 radical (unpaired) electrons. The van der Waals surface area contributed by atoms with Crippen LogP contribution in [0.1, 0.15) is 172 Å². The maximum absolute atomic E-state index is 7.22. The van der Waals surface area contributed by atoms with E-state index >= 15 is 0 Å². The zero-order chi connectivity index (χ0) is 62.8. The molecular formula is C76H84Br4O8. The summed E-state index contributed by atoms with van der Waals surface area (Å²) in [6.45, 7) is 19.6. The summed E-state index contributed by atoms with van der Waals surface area (Å²) >= 11 is 15.4. The Hall–Kier alpha value is -5.92. The molecule has 1 aliphatic carbocycles. The summed E-state index contributed by atoms with van der Waals surface area (Å²) in [5, 5.41) is 0. The third kappa shape index (κ3) is 15.8. The van der Waals surface area contributed by atoms with E-state index < -0.39 is 0 Å². The van der Waals surface area contributed by atoms with Crippen LogP contribution in [-0.2, 0) is 26.4 Å². The van der Waals surface area contributed by atoms with E-state index in [-0.39, 0.29) is 47.3 Å². The quantitative estimate of drug-likeness (QED) is 0.0592. The fourth-order valence-corrected chi connectivity index (χ4v) is 14.0. The van der Waals surface area contributed by atoms with Crippen LogP contribution in [0.5, 0.6) is 46.0 Å². The summed E-state index contributed by atoms with van der Waals surface area (Å²) in [7, 11) is 7.10. The number of hydrogen-bond donors (Lipinski definition) is 0. The highest BCUT2D eigenvalue weighted by molar-refractivity contribution is 9.11. The van der Waals surface area contributed by atoms with E-state index in [9.17, 15) is 0 Å². The van der Waals surface area contributed by atoms with Crippen molar-refractivity contribution in [3.63, 3.8) is 0 Å². The van der Waals surface area contributed by atoms with Gasteiger partial charge in [0.15, 0.2) is 0 Å². The van der Waals surface area contributed by atoms with E-state index in [1.807, 2.05) is 24.3 Å². The van der Waals surface area contributed by atoms with Gasteiger partial charge < -0.3 is 37.9 Å². The summed E-state index contributed by atoms with van der Waals surface area (Å²) < 4.78 is 59.5. The lowest BCUT2D eigenvalue weighted by Gasteiger charge is -2.33. The van der Waals surface area contributed by atoms with Crippen molar-refractivity contribution in [2.75, 3.05) is 28.4 Å². The van der Waals surface area contributed by atoms with E-state index in [2.05, 4.69) is 240 Å². The summed E-state index contributed by atoms with van der Waals surface area (Å²) in [6.07, 6.45) is 3.03. The van der Waals surface area contributed by atoms with E-state index in [1.54, 1.807) is 28.4 Å². The second-order valence-corrected chi connectivity index (χ2v) is 28.2. The Kier molecular flexibility index (Phi) is 23.2. The summed E-state index contributed by atoms with van der Waals surface area (Å²) in [4.78, 5) is 0. The number of hydrogen-bond acceptors (Lipinski definition) is 8. The minimum absolute atomic E-state index is 0.237. The molecule has 8 aromatic carbocycles. The summed E-state index contributed by atoms with van der Waals surface area (Å²) in [5.74, 6) is 5.72. The van der Waals surface area contributed by atoms with Gasteiger partial charge in [0.05, 0.1) is 28.4 Å². The molecule has 0 spiro atoms. The predicted molar refractivity (Wildman–Crippen MR) is 371 cm³/mol. The van der Waals surface area contributed by atoms with Crippen LogP contribution in [-0.4, -0.2) is 28.4 Å². The molecule has 4 atom stereocenters. The third-order valence-electron chi connectivity index (χ3n) is 16.6. The predicted octanol–water partition coefficient (Wildman–Crippen LogP) is 22.1. The van der Waals surface area contributed by atoms with Gasteiger partial charge in [0.2, 0.25) is 0 Å². The molecule has 88 heavy (non-hydrogen) atoms. The van der Waals surface area contributed by atoms with Gasteiger partial charge in [-0.05, 0) is 97.9 Å². The molecule has 0 N–H and O–H groups in total. The van der Waals surface area contributed by atoms with Crippen LogP contribution in [0, 0.1) is 23.7 Å². The molecule has 0 amide bonds. The number of methoxy groups -OCH3 is 4. The Morgan fingerprint density at radius 2 is 0.455 bits per heavy atom. The van der Waals surface area contributed by atoms with Crippen molar-refractivity contribution in [2.24, 2.45) is 23.7 Å². The molecule has 0 heterocycles. The van der Waals surface area contributed by atoms with Crippen LogP contribution in [0.25, 0.3) is 0 Å². The lowest BCUT2D eigenvalue weighted by atomic mass is 9.75. The minimum atomic E-state index is -0.254. The second kappa shape index (κ2) is 30.7. The molecule has 8 aromatic rings. The molecule has 8 bridgehead atoms. The van der Waals surface area contributed by atoms with Crippen LogP contribution in [0.4, 0.5) is 0 Å². The van der Waals surface area contributed by atoms with Gasteiger partial charge in [-0.3, -0.25) is 0 Å². The van der Waals surface area contributed by atoms with Crippen LogP contribution in [0.3, 0.4) is 0 Å². The van der Waals surface area contributed by atoms with Crippen molar-refractivity contribution in [3.05, 3.63) is 230 Å². The van der Waals surface area contributed by atoms with Crippen molar-refractivity contribution in [1.29, 1.82) is 0 Å². The van der Waals surface area contributed by atoms with Crippen LogP contribution < -0.4 is 37.9 Å². The molecule has 0 fully saturated rings. The smallest absolute Gasteiger partial charge is 0.127 e. The lowest BCUT2D eigenvalue weighted by Crippen LogP contribution is -2.17. The van der Waals surface area contributed by atoms with Gasteiger partial charge in [-0.15, -0.1) is 0 Å². The van der Waals surface area contributed by atoms with E-state index in [1.165, 1.54) is 0 Å². The van der Waals surface area contributed by atoms with Crippen molar-refractivity contribution in [3.8, 4) is 46.0 Å². The number of benzene rings is 8. The molecule has 0 saturated heterocycles. The summed E-state index contributed by atoms with van der Waals surface area (Å²) in [5.41, 5.74) is 12.3. The molecule has 0 aromatic heterocycles. The first-order valence-electron chi connectivity index (χ1n) is 30.7. The average Bonchev–Trinajstić information content (AvgIpc) is 1.13. The first kappa shape index (κ1) is 66.5. The van der Waals surface area contributed by atoms with Gasteiger partial charge in [-0.1, -0.05) is 192 Å². The Morgan fingerprint density at radius 3 is 0.625 bits per heavy atom. The Labute approximate surface area is 556 Å².